The highest BCUT2D eigenvalue weighted by atomic mass is 16.2. The molecule has 3 rings (SSSR count). The van der Waals surface area contributed by atoms with E-state index in [2.05, 4.69) is 15.6 Å². The molecule has 1 aromatic heterocycles. The van der Waals surface area contributed by atoms with Gasteiger partial charge >= 0.3 is 0 Å². The average molecular weight is 378 g/mol. The summed E-state index contributed by atoms with van der Waals surface area (Å²) in [7, 11) is 0. The molecule has 144 valence electrons. The third kappa shape index (κ3) is 4.82. The fraction of sp³-hybridized carbons (Fsp3) is 0.238. The summed E-state index contributed by atoms with van der Waals surface area (Å²) in [4.78, 5) is 40.7. The van der Waals surface area contributed by atoms with E-state index in [-0.39, 0.29) is 36.4 Å². The van der Waals surface area contributed by atoms with Gasteiger partial charge in [0.15, 0.2) is 0 Å². The number of amides is 2. The van der Waals surface area contributed by atoms with Crippen molar-refractivity contribution in [1.29, 1.82) is 0 Å². The largest absolute Gasteiger partial charge is 0.354 e. The second-order valence-corrected chi connectivity index (χ2v) is 6.84. The SMILES string of the molecule is CC(C)NC(=O)Cc1ccc(NC(=O)Cn2cnc3ccccc3c2=O)cc1. The predicted molar refractivity (Wildman–Crippen MR) is 108 cm³/mol. The van der Waals surface area contributed by atoms with E-state index >= 15 is 0 Å². The lowest BCUT2D eigenvalue weighted by Gasteiger charge is -2.10. The number of para-hydroxylation sites is 1. The van der Waals surface area contributed by atoms with Crippen molar-refractivity contribution in [3.05, 3.63) is 70.8 Å². The third-order valence-electron chi connectivity index (χ3n) is 4.10. The Kier molecular flexibility index (Phi) is 5.84. The second-order valence-electron chi connectivity index (χ2n) is 6.84. The van der Waals surface area contributed by atoms with Gasteiger partial charge < -0.3 is 10.6 Å². The number of nitrogens with one attached hydrogen (secondary N) is 2. The molecule has 28 heavy (non-hydrogen) atoms. The molecule has 2 N–H and O–H groups in total. The molecule has 7 heteroatoms. The molecule has 0 aliphatic rings. The van der Waals surface area contributed by atoms with Crippen LogP contribution in [0.3, 0.4) is 0 Å². The molecule has 2 amide bonds. The van der Waals surface area contributed by atoms with Gasteiger partial charge in [0.05, 0.1) is 23.7 Å². The summed E-state index contributed by atoms with van der Waals surface area (Å²) in [5.74, 6) is -0.376. The maximum absolute atomic E-state index is 12.4. The smallest absolute Gasteiger partial charge is 0.261 e. The lowest BCUT2D eigenvalue weighted by molar-refractivity contribution is -0.121. The molecule has 0 saturated carbocycles. The molecule has 7 nitrogen and oxygen atoms in total. The number of benzene rings is 2. The van der Waals surface area contributed by atoms with Crippen LogP contribution in [0.4, 0.5) is 5.69 Å². The molecule has 0 aliphatic heterocycles. The van der Waals surface area contributed by atoms with Gasteiger partial charge in [0.1, 0.15) is 6.54 Å². The molecule has 0 unspecified atom stereocenters. The van der Waals surface area contributed by atoms with Gasteiger partial charge in [-0.2, -0.15) is 0 Å². The van der Waals surface area contributed by atoms with Gasteiger partial charge in [0.2, 0.25) is 11.8 Å². The van der Waals surface area contributed by atoms with Crippen LogP contribution in [0.1, 0.15) is 19.4 Å². The molecule has 0 atom stereocenters. The summed E-state index contributed by atoms with van der Waals surface area (Å²) < 4.78 is 1.28. The Bertz CT molecular complexity index is 1060. The molecule has 0 saturated heterocycles. The van der Waals surface area contributed by atoms with Gasteiger partial charge in [-0.05, 0) is 43.7 Å². The Balaban J connectivity index is 1.63. The minimum atomic E-state index is -0.329. The van der Waals surface area contributed by atoms with Crippen LogP contribution in [0.15, 0.2) is 59.7 Å². The van der Waals surface area contributed by atoms with Gasteiger partial charge in [-0.15, -0.1) is 0 Å². The summed E-state index contributed by atoms with van der Waals surface area (Å²) in [6, 6.07) is 14.2. The highest BCUT2D eigenvalue weighted by Crippen LogP contribution is 2.11. The number of fused-ring (bicyclic) bond motifs is 1. The molecule has 3 aromatic rings. The van der Waals surface area contributed by atoms with E-state index in [9.17, 15) is 14.4 Å². The number of carbonyl (C=O) groups is 2. The first-order chi connectivity index (χ1) is 13.4. The summed E-state index contributed by atoms with van der Waals surface area (Å²) >= 11 is 0. The molecular formula is C21H22N4O3. The molecule has 0 aliphatic carbocycles. The molecule has 0 spiro atoms. The number of nitrogens with zero attached hydrogens (tertiary/aromatic N) is 2. The maximum atomic E-state index is 12.4. The molecule has 0 fully saturated rings. The number of hydrogen-bond acceptors (Lipinski definition) is 4. The predicted octanol–water partition coefficient (Wildman–Crippen LogP) is 2.10. The first kappa shape index (κ1) is 19.3. The van der Waals surface area contributed by atoms with Crippen molar-refractivity contribution in [3.8, 4) is 0 Å². The minimum Gasteiger partial charge on any atom is -0.354 e. The monoisotopic (exact) mass is 378 g/mol. The van der Waals surface area contributed by atoms with Crippen molar-refractivity contribution >= 4 is 28.4 Å². The van der Waals surface area contributed by atoms with E-state index in [1.807, 2.05) is 19.9 Å². The van der Waals surface area contributed by atoms with Crippen LogP contribution >= 0.6 is 0 Å². The zero-order chi connectivity index (χ0) is 20.1. The van der Waals surface area contributed by atoms with Crippen molar-refractivity contribution in [2.45, 2.75) is 32.9 Å². The fourth-order valence-corrected chi connectivity index (χ4v) is 2.84. The van der Waals surface area contributed by atoms with E-state index in [4.69, 9.17) is 0 Å². The minimum absolute atomic E-state index is 0.0463. The number of rotatable bonds is 6. The first-order valence-electron chi connectivity index (χ1n) is 9.04. The highest BCUT2D eigenvalue weighted by molar-refractivity contribution is 5.90. The standard InChI is InChI=1S/C21H22N4O3/c1-14(2)23-19(26)11-15-7-9-16(10-8-15)24-20(27)12-25-13-22-18-6-4-3-5-17(18)21(25)28/h3-10,13-14H,11-12H2,1-2H3,(H,23,26)(H,24,27). The molecule has 1 heterocycles. The van der Waals surface area contributed by atoms with E-state index in [1.54, 1.807) is 42.5 Å². The quantitative estimate of drug-likeness (QED) is 0.687. The lowest BCUT2D eigenvalue weighted by Crippen LogP contribution is -2.31. The molecule has 0 radical (unpaired) electrons. The van der Waals surface area contributed by atoms with E-state index in [1.165, 1.54) is 10.9 Å². The van der Waals surface area contributed by atoms with Crippen molar-refractivity contribution in [2.24, 2.45) is 0 Å². The number of anilines is 1. The zero-order valence-electron chi connectivity index (χ0n) is 15.8. The van der Waals surface area contributed by atoms with Crippen molar-refractivity contribution in [1.82, 2.24) is 14.9 Å². The van der Waals surface area contributed by atoms with Crippen LogP contribution in [0, 0.1) is 0 Å². The fourth-order valence-electron chi connectivity index (χ4n) is 2.84. The van der Waals surface area contributed by atoms with Gasteiger partial charge in [0.25, 0.3) is 5.56 Å². The van der Waals surface area contributed by atoms with Gasteiger partial charge in [-0.3, -0.25) is 19.0 Å². The van der Waals surface area contributed by atoms with Crippen LogP contribution in [0.5, 0.6) is 0 Å². The Labute approximate surface area is 162 Å². The Morgan fingerprint density at radius 1 is 1.04 bits per heavy atom. The third-order valence-corrected chi connectivity index (χ3v) is 4.10. The topological polar surface area (TPSA) is 93.1 Å². The normalized spacial score (nSPS) is 10.8. The van der Waals surface area contributed by atoms with Crippen LogP contribution in [-0.2, 0) is 22.6 Å². The van der Waals surface area contributed by atoms with Crippen LogP contribution in [0.2, 0.25) is 0 Å². The van der Waals surface area contributed by atoms with Crippen LogP contribution < -0.4 is 16.2 Å². The first-order valence-corrected chi connectivity index (χ1v) is 9.04. The number of carbonyl (C=O) groups excluding carboxylic acids is 2. The van der Waals surface area contributed by atoms with E-state index in [0.717, 1.165) is 5.56 Å². The van der Waals surface area contributed by atoms with Crippen LogP contribution in [-0.4, -0.2) is 27.4 Å². The van der Waals surface area contributed by atoms with Gasteiger partial charge in [-0.25, -0.2) is 4.98 Å². The number of aromatic nitrogens is 2. The van der Waals surface area contributed by atoms with Crippen LogP contribution in [0.25, 0.3) is 10.9 Å². The highest BCUT2D eigenvalue weighted by Gasteiger charge is 2.09. The average Bonchev–Trinajstić information content (AvgIpc) is 2.65. The summed E-state index contributed by atoms with van der Waals surface area (Å²) in [6.45, 7) is 3.69. The Hall–Kier alpha value is -3.48. The second kappa shape index (κ2) is 8.47. The molecular weight excluding hydrogens is 356 g/mol. The van der Waals surface area contributed by atoms with Gasteiger partial charge in [0, 0.05) is 11.7 Å². The Morgan fingerprint density at radius 2 is 1.75 bits per heavy atom. The lowest BCUT2D eigenvalue weighted by atomic mass is 10.1. The zero-order valence-corrected chi connectivity index (χ0v) is 15.8. The maximum Gasteiger partial charge on any atom is 0.261 e. The number of hydrogen-bond donors (Lipinski definition) is 2. The van der Waals surface area contributed by atoms with Crippen molar-refractivity contribution in [2.75, 3.05) is 5.32 Å². The summed E-state index contributed by atoms with van der Waals surface area (Å²) in [5.41, 5.74) is 1.79. The molecule has 2 aromatic carbocycles. The molecule has 0 bridgehead atoms. The summed E-state index contributed by atoms with van der Waals surface area (Å²) in [6.07, 6.45) is 1.66. The van der Waals surface area contributed by atoms with Crippen molar-refractivity contribution in [3.63, 3.8) is 0 Å². The van der Waals surface area contributed by atoms with Crippen molar-refractivity contribution < 1.29 is 9.59 Å². The van der Waals surface area contributed by atoms with Gasteiger partial charge in [-0.1, -0.05) is 24.3 Å². The summed E-state index contributed by atoms with van der Waals surface area (Å²) in [5, 5.41) is 6.06. The Morgan fingerprint density at radius 3 is 2.46 bits per heavy atom. The van der Waals surface area contributed by atoms with E-state index < -0.39 is 0 Å². The van der Waals surface area contributed by atoms with E-state index in [0.29, 0.717) is 16.6 Å².